The number of carbonyl (C=O) groups excluding carboxylic acids is 1. The molecule has 88 valence electrons. The molecule has 1 saturated heterocycles. The van der Waals surface area contributed by atoms with E-state index in [1.54, 1.807) is 0 Å². The molecule has 4 heteroatoms. The zero-order valence-electron chi connectivity index (χ0n) is 9.63. The van der Waals surface area contributed by atoms with Gasteiger partial charge in [-0.2, -0.15) is 0 Å². The van der Waals surface area contributed by atoms with Crippen LogP contribution < -0.4 is 5.32 Å². The molecule has 0 aliphatic carbocycles. The molecule has 0 aromatic heterocycles. The number of nitrogens with one attached hydrogen (secondary N) is 1. The Morgan fingerprint density at radius 3 is 2.53 bits per heavy atom. The van der Waals surface area contributed by atoms with Crippen molar-refractivity contribution in [3.05, 3.63) is 0 Å². The molecule has 0 unspecified atom stereocenters. The first kappa shape index (κ1) is 12.3. The lowest BCUT2D eigenvalue weighted by atomic mass is 10.2. The molecule has 0 aromatic rings. The molecule has 1 rings (SSSR count). The number of carbonyl (C=O) groups is 1. The van der Waals surface area contributed by atoms with E-state index in [0.29, 0.717) is 19.8 Å². The fourth-order valence-corrected chi connectivity index (χ4v) is 1.76. The first-order chi connectivity index (χ1) is 7.34. The standard InChI is InChI=1S/C11H22N2O2/c1-2-15-10-7-12-11(14)13-8-5-3-4-6-9-13/h2-10H2,1H3,(H,12,14). The second-order valence-electron chi connectivity index (χ2n) is 3.83. The maximum Gasteiger partial charge on any atom is 0.317 e. The summed E-state index contributed by atoms with van der Waals surface area (Å²) in [5, 5.41) is 2.88. The van der Waals surface area contributed by atoms with E-state index in [9.17, 15) is 4.79 Å². The first-order valence-corrected chi connectivity index (χ1v) is 5.95. The van der Waals surface area contributed by atoms with Crippen molar-refractivity contribution in [2.45, 2.75) is 32.6 Å². The van der Waals surface area contributed by atoms with Crippen LogP contribution in [0.2, 0.25) is 0 Å². The summed E-state index contributed by atoms with van der Waals surface area (Å²) in [7, 11) is 0. The Balaban J connectivity index is 2.14. The van der Waals surface area contributed by atoms with Gasteiger partial charge >= 0.3 is 6.03 Å². The van der Waals surface area contributed by atoms with Crippen LogP contribution in [0.15, 0.2) is 0 Å². The highest BCUT2D eigenvalue weighted by atomic mass is 16.5. The van der Waals surface area contributed by atoms with Crippen molar-refractivity contribution in [1.29, 1.82) is 0 Å². The van der Waals surface area contributed by atoms with E-state index in [2.05, 4.69) is 5.32 Å². The second-order valence-corrected chi connectivity index (χ2v) is 3.83. The predicted octanol–water partition coefficient (Wildman–Crippen LogP) is 1.61. The molecule has 1 aliphatic heterocycles. The van der Waals surface area contributed by atoms with Crippen molar-refractivity contribution in [3.8, 4) is 0 Å². The van der Waals surface area contributed by atoms with Gasteiger partial charge in [0.05, 0.1) is 6.61 Å². The van der Waals surface area contributed by atoms with Crippen molar-refractivity contribution in [2.75, 3.05) is 32.8 Å². The maximum atomic E-state index is 11.7. The third-order valence-electron chi connectivity index (χ3n) is 2.62. The second kappa shape index (κ2) is 7.51. The molecule has 0 radical (unpaired) electrons. The molecule has 0 bridgehead atoms. The highest BCUT2D eigenvalue weighted by molar-refractivity contribution is 5.74. The average Bonchev–Trinajstić information content (AvgIpc) is 2.52. The molecular weight excluding hydrogens is 192 g/mol. The Hall–Kier alpha value is -0.770. The molecule has 1 fully saturated rings. The van der Waals surface area contributed by atoms with Crippen LogP contribution in [0.3, 0.4) is 0 Å². The van der Waals surface area contributed by atoms with Crippen molar-refractivity contribution in [1.82, 2.24) is 10.2 Å². The van der Waals surface area contributed by atoms with Crippen LogP contribution in [0.4, 0.5) is 4.79 Å². The summed E-state index contributed by atoms with van der Waals surface area (Å²) in [5.41, 5.74) is 0. The van der Waals surface area contributed by atoms with Gasteiger partial charge in [-0.25, -0.2) is 4.79 Å². The van der Waals surface area contributed by atoms with Gasteiger partial charge in [0.1, 0.15) is 0 Å². The molecule has 0 spiro atoms. The van der Waals surface area contributed by atoms with Gasteiger partial charge in [0.2, 0.25) is 0 Å². The van der Waals surface area contributed by atoms with Crippen LogP contribution in [-0.4, -0.2) is 43.8 Å². The summed E-state index contributed by atoms with van der Waals surface area (Å²) in [6.07, 6.45) is 4.78. The van der Waals surface area contributed by atoms with Gasteiger partial charge in [0, 0.05) is 26.2 Å². The number of ether oxygens (including phenoxy) is 1. The quantitative estimate of drug-likeness (QED) is 0.722. The minimum Gasteiger partial charge on any atom is -0.380 e. The molecular formula is C11H22N2O2. The van der Waals surface area contributed by atoms with E-state index >= 15 is 0 Å². The lowest BCUT2D eigenvalue weighted by Crippen LogP contribution is -2.41. The normalized spacial score (nSPS) is 17.3. The van der Waals surface area contributed by atoms with Crippen LogP contribution >= 0.6 is 0 Å². The van der Waals surface area contributed by atoms with Crippen molar-refractivity contribution in [2.24, 2.45) is 0 Å². The van der Waals surface area contributed by atoms with Gasteiger partial charge in [0.15, 0.2) is 0 Å². The number of rotatable bonds is 4. The summed E-state index contributed by atoms with van der Waals surface area (Å²) in [6.45, 7) is 5.69. The van der Waals surface area contributed by atoms with Gasteiger partial charge in [-0.1, -0.05) is 12.8 Å². The van der Waals surface area contributed by atoms with Gasteiger partial charge in [-0.3, -0.25) is 0 Å². The zero-order chi connectivity index (χ0) is 10.9. The Labute approximate surface area is 92.0 Å². The van der Waals surface area contributed by atoms with Crippen molar-refractivity contribution < 1.29 is 9.53 Å². The minimum absolute atomic E-state index is 0.0663. The number of hydrogen-bond acceptors (Lipinski definition) is 2. The van der Waals surface area contributed by atoms with Gasteiger partial charge in [-0.05, 0) is 19.8 Å². The molecule has 0 aromatic carbocycles. The average molecular weight is 214 g/mol. The summed E-state index contributed by atoms with van der Waals surface area (Å²) in [6, 6.07) is 0.0663. The number of amides is 2. The number of hydrogen-bond donors (Lipinski definition) is 1. The van der Waals surface area contributed by atoms with E-state index in [4.69, 9.17) is 4.74 Å². The fourth-order valence-electron chi connectivity index (χ4n) is 1.76. The third kappa shape index (κ3) is 5.02. The summed E-state index contributed by atoms with van der Waals surface area (Å²) < 4.78 is 5.16. The van der Waals surface area contributed by atoms with Gasteiger partial charge in [-0.15, -0.1) is 0 Å². The van der Waals surface area contributed by atoms with Crippen LogP contribution in [0.5, 0.6) is 0 Å². The fraction of sp³-hybridized carbons (Fsp3) is 0.909. The van der Waals surface area contributed by atoms with Crippen LogP contribution in [-0.2, 0) is 4.74 Å². The largest absolute Gasteiger partial charge is 0.380 e. The molecule has 4 nitrogen and oxygen atoms in total. The van der Waals surface area contributed by atoms with Crippen molar-refractivity contribution in [3.63, 3.8) is 0 Å². The molecule has 0 atom stereocenters. The van der Waals surface area contributed by atoms with Gasteiger partial charge < -0.3 is 15.0 Å². The Morgan fingerprint density at radius 1 is 1.27 bits per heavy atom. The molecule has 15 heavy (non-hydrogen) atoms. The van der Waals surface area contributed by atoms with Crippen LogP contribution in [0.1, 0.15) is 32.6 Å². The Morgan fingerprint density at radius 2 is 1.93 bits per heavy atom. The Kier molecular flexibility index (Phi) is 6.16. The van der Waals surface area contributed by atoms with Crippen molar-refractivity contribution >= 4 is 6.03 Å². The molecule has 1 N–H and O–H groups in total. The first-order valence-electron chi connectivity index (χ1n) is 5.95. The topological polar surface area (TPSA) is 41.6 Å². The number of urea groups is 1. The molecule has 0 saturated carbocycles. The summed E-state index contributed by atoms with van der Waals surface area (Å²) >= 11 is 0. The monoisotopic (exact) mass is 214 g/mol. The van der Waals surface area contributed by atoms with Crippen LogP contribution in [0, 0.1) is 0 Å². The highest BCUT2D eigenvalue weighted by Gasteiger charge is 2.14. The lowest BCUT2D eigenvalue weighted by Gasteiger charge is -2.20. The van der Waals surface area contributed by atoms with E-state index < -0.39 is 0 Å². The molecule has 2 amide bonds. The maximum absolute atomic E-state index is 11.7. The number of likely N-dealkylation sites (tertiary alicyclic amines) is 1. The van der Waals surface area contributed by atoms with Gasteiger partial charge in [0.25, 0.3) is 0 Å². The Bertz CT molecular complexity index is 177. The highest BCUT2D eigenvalue weighted by Crippen LogP contribution is 2.09. The SMILES string of the molecule is CCOCCNC(=O)N1CCCCCC1. The van der Waals surface area contributed by atoms with E-state index in [-0.39, 0.29) is 6.03 Å². The smallest absolute Gasteiger partial charge is 0.317 e. The number of nitrogens with zero attached hydrogens (tertiary/aromatic N) is 1. The predicted molar refractivity (Wildman–Crippen MR) is 59.9 cm³/mol. The summed E-state index contributed by atoms with van der Waals surface area (Å²) in [5.74, 6) is 0. The van der Waals surface area contributed by atoms with Crippen LogP contribution in [0.25, 0.3) is 0 Å². The molecule has 1 heterocycles. The van der Waals surface area contributed by atoms with E-state index in [0.717, 1.165) is 25.9 Å². The minimum atomic E-state index is 0.0663. The summed E-state index contributed by atoms with van der Waals surface area (Å²) in [4.78, 5) is 13.6. The third-order valence-corrected chi connectivity index (χ3v) is 2.62. The van der Waals surface area contributed by atoms with E-state index in [1.807, 2.05) is 11.8 Å². The molecule has 1 aliphatic rings. The zero-order valence-corrected chi connectivity index (χ0v) is 9.63. The lowest BCUT2D eigenvalue weighted by molar-refractivity contribution is 0.145. The van der Waals surface area contributed by atoms with E-state index in [1.165, 1.54) is 12.8 Å².